The Morgan fingerprint density at radius 1 is 1.50 bits per heavy atom. The van der Waals surface area contributed by atoms with Crippen LogP contribution in [-0.2, 0) is 4.79 Å². The molecule has 0 spiro atoms. The van der Waals surface area contributed by atoms with Gasteiger partial charge in [0.05, 0.1) is 12.2 Å². The molecule has 1 unspecified atom stereocenters. The lowest BCUT2D eigenvalue weighted by atomic mass is 10.1. The van der Waals surface area contributed by atoms with Crippen molar-refractivity contribution in [2.45, 2.75) is 12.8 Å². The fourth-order valence-electron chi connectivity index (χ4n) is 2.82. The summed E-state index contributed by atoms with van der Waals surface area (Å²) in [5.41, 5.74) is 5.62. The van der Waals surface area contributed by atoms with Crippen LogP contribution in [0, 0.1) is 11.7 Å². The third-order valence-corrected chi connectivity index (χ3v) is 4.08. The first-order chi connectivity index (χ1) is 11.4. The van der Waals surface area contributed by atoms with Crippen molar-refractivity contribution in [3.63, 3.8) is 0 Å². The Morgan fingerprint density at radius 3 is 2.88 bits per heavy atom. The number of ether oxygens (including phenoxy) is 1. The quantitative estimate of drug-likeness (QED) is 0.756. The number of halogens is 1. The maximum Gasteiger partial charge on any atom is 0.257 e. The molecule has 1 atom stereocenters. The number of hydrogen-bond acceptors (Lipinski definition) is 4. The van der Waals surface area contributed by atoms with Crippen LogP contribution in [0.5, 0.6) is 5.75 Å². The van der Waals surface area contributed by atoms with Gasteiger partial charge in [0.15, 0.2) is 0 Å². The largest absolute Gasteiger partial charge is 0.493 e. The molecule has 1 aromatic carbocycles. The fraction of sp³-hybridized carbons (Fsp3) is 0.529. The highest BCUT2D eigenvalue weighted by Crippen LogP contribution is 2.23. The summed E-state index contributed by atoms with van der Waals surface area (Å²) in [6.45, 7) is 1.91. The standard InChI is InChI=1S/C17H24FN3O3/c1-20-10-12(8-16(20)22)11-21(2)17(23)14-9-13(18)4-5-15(14)24-7-3-6-19/h4-5,9,12H,3,6-8,10-11,19H2,1-2H3. The molecule has 7 heteroatoms. The maximum atomic E-state index is 13.6. The van der Waals surface area contributed by atoms with Crippen LogP contribution in [0.2, 0.25) is 0 Å². The first-order valence-corrected chi connectivity index (χ1v) is 8.04. The molecule has 24 heavy (non-hydrogen) atoms. The van der Waals surface area contributed by atoms with E-state index in [0.29, 0.717) is 44.8 Å². The van der Waals surface area contributed by atoms with E-state index in [1.54, 1.807) is 19.0 Å². The lowest BCUT2D eigenvalue weighted by molar-refractivity contribution is -0.126. The van der Waals surface area contributed by atoms with Gasteiger partial charge in [0, 0.05) is 39.5 Å². The number of benzene rings is 1. The molecule has 1 fully saturated rings. The molecule has 0 aromatic heterocycles. The number of rotatable bonds is 7. The average Bonchev–Trinajstić information content (AvgIpc) is 2.86. The van der Waals surface area contributed by atoms with Gasteiger partial charge in [-0.15, -0.1) is 0 Å². The average molecular weight is 337 g/mol. The van der Waals surface area contributed by atoms with Crippen LogP contribution in [0.3, 0.4) is 0 Å². The van der Waals surface area contributed by atoms with E-state index in [1.807, 2.05) is 0 Å². The Labute approximate surface area is 141 Å². The van der Waals surface area contributed by atoms with E-state index in [1.165, 1.54) is 23.1 Å². The van der Waals surface area contributed by atoms with Crippen LogP contribution < -0.4 is 10.5 Å². The van der Waals surface area contributed by atoms with Gasteiger partial charge in [-0.05, 0) is 31.2 Å². The van der Waals surface area contributed by atoms with Gasteiger partial charge in [0.1, 0.15) is 11.6 Å². The van der Waals surface area contributed by atoms with Crippen molar-refractivity contribution >= 4 is 11.8 Å². The number of nitrogens with two attached hydrogens (primary N) is 1. The summed E-state index contributed by atoms with van der Waals surface area (Å²) in [6.07, 6.45) is 1.08. The Bertz CT molecular complexity index is 609. The molecule has 0 radical (unpaired) electrons. The van der Waals surface area contributed by atoms with E-state index in [0.717, 1.165) is 0 Å². The van der Waals surface area contributed by atoms with E-state index in [2.05, 4.69) is 0 Å². The van der Waals surface area contributed by atoms with Crippen molar-refractivity contribution in [1.29, 1.82) is 0 Å². The summed E-state index contributed by atoms with van der Waals surface area (Å²) >= 11 is 0. The maximum absolute atomic E-state index is 13.6. The normalized spacial score (nSPS) is 17.2. The van der Waals surface area contributed by atoms with Gasteiger partial charge >= 0.3 is 0 Å². The van der Waals surface area contributed by atoms with Crippen molar-refractivity contribution in [3.05, 3.63) is 29.6 Å². The zero-order chi connectivity index (χ0) is 17.7. The van der Waals surface area contributed by atoms with Crippen LogP contribution in [-0.4, -0.2) is 62.0 Å². The molecule has 0 saturated carbocycles. The topological polar surface area (TPSA) is 75.9 Å². The molecule has 2 amide bonds. The predicted molar refractivity (Wildman–Crippen MR) is 88.3 cm³/mol. The third kappa shape index (κ3) is 4.44. The zero-order valence-corrected chi connectivity index (χ0v) is 14.1. The Balaban J connectivity index is 2.07. The Kier molecular flexibility index (Phi) is 6.14. The van der Waals surface area contributed by atoms with Gasteiger partial charge in [0.2, 0.25) is 5.91 Å². The number of hydrogen-bond donors (Lipinski definition) is 1. The monoisotopic (exact) mass is 337 g/mol. The zero-order valence-electron chi connectivity index (χ0n) is 14.1. The van der Waals surface area contributed by atoms with Gasteiger partial charge in [-0.3, -0.25) is 9.59 Å². The first-order valence-electron chi connectivity index (χ1n) is 8.04. The van der Waals surface area contributed by atoms with Crippen LogP contribution in [0.15, 0.2) is 18.2 Å². The number of nitrogens with zero attached hydrogens (tertiary/aromatic N) is 2. The minimum absolute atomic E-state index is 0.0809. The molecule has 1 aliphatic heterocycles. The molecule has 1 saturated heterocycles. The Hall–Kier alpha value is -2.15. The van der Waals surface area contributed by atoms with Crippen molar-refractivity contribution in [2.75, 3.05) is 40.3 Å². The van der Waals surface area contributed by atoms with Gasteiger partial charge in [-0.2, -0.15) is 0 Å². The molecule has 2 rings (SSSR count). The molecule has 1 aliphatic rings. The van der Waals surface area contributed by atoms with Crippen molar-refractivity contribution in [3.8, 4) is 5.75 Å². The summed E-state index contributed by atoms with van der Waals surface area (Å²) in [5.74, 6) is -0.293. The highest BCUT2D eigenvalue weighted by molar-refractivity contribution is 5.96. The summed E-state index contributed by atoms with van der Waals surface area (Å²) < 4.78 is 19.1. The van der Waals surface area contributed by atoms with Gasteiger partial charge in [-0.25, -0.2) is 4.39 Å². The SMILES string of the molecule is CN1CC(CN(C)C(=O)c2cc(F)ccc2OCCCN)CC1=O. The second-order valence-corrected chi connectivity index (χ2v) is 6.16. The Morgan fingerprint density at radius 2 is 2.25 bits per heavy atom. The molecule has 0 bridgehead atoms. The van der Waals surface area contributed by atoms with E-state index in [-0.39, 0.29) is 23.3 Å². The second-order valence-electron chi connectivity index (χ2n) is 6.16. The highest BCUT2D eigenvalue weighted by Gasteiger charge is 2.29. The predicted octanol–water partition coefficient (Wildman–Crippen LogP) is 1.10. The van der Waals surface area contributed by atoms with Crippen molar-refractivity contribution in [2.24, 2.45) is 11.7 Å². The van der Waals surface area contributed by atoms with Crippen LogP contribution in [0.25, 0.3) is 0 Å². The lowest BCUT2D eigenvalue weighted by Gasteiger charge is -2.22. The van der Waals surface area contributed by atoms with Crippen LogP contribution in [0.4, 0.5) is 4.39 Å². The molecule has 1 aromatic rings. The van der Waals surface area contributed by atoms with Gasteiger partial charge < -0.3 is 20.3 Å². The van der Waals surface area contributed by atoms with E-state index in [4.69, 9.17) is 10.5 Å². The van der Waals surface area contributed by atoms with E-state index >= 15 is 0 Å². The number of carbonyl (C=O) groups is 2. The molecule has 0 aliphatic carbocycles. The number of amides is 2. The van der Waals surface area contributed by atoms with Crippen molar-refractivity contribution < 1.29 is 18.7 Å². The number of carbonyl (C=O) groups excluding carboxylic acids is 2. The van der Waals surface area contributed by atoms with E-state index in [9.17, 15) is 14.0 Å². The second kappa shape index (κ2) is 8.10. The van der Waals surface area contributed by atoms with Crippen LogP contribution >= 0.6 is 0 Å². The lowest BCUT2D eigenvalue weighted by Crippen LogP contribution is -2.33. The third-order valence-electron chi connectivity index (χ3n) is 4.08. The minimum atomic E-state index is -0.492. The molecular weight excluding hydrogens is 313 g/mol. The molecular formula is C17H24FN3O3. The van der Waals surface area contributed by atoms with Crippen LogP contribution in [0.1, 0.15) is 23.2 Å². The van der Waals surface area contributed by atoms with Crippen molar-refractivity contribution in [1.82, 2.24) is 9.80 Å². The summed E-state index contributed by atoms with van der Waals surface area (Å²) in [7, 11) is 3.40. The minimum Gasteiger partial charge on any atom is -0.493 e. The summed E-state index contributed by atoms with van der Waals surface area (Å²) in [4.78, 5) is 27.4. The van der Waals surface area contributed by atoms with Gasteiger partial charge in [-0.1, -0.05) is 0 Å². The number of likely N-dealkylation sites (tertiary alicyclic amines) is 1. The summed E-state index contributed by atoms with van der Waals surface area (Å²) in [5, 5.41) is 0. The highest BCUT2D eigenvalue weighted by atomic mass is 19.1. The molecule has 1 heterocycles. The smallest absolute Gasteiger partial charge is 0.257 e. The molecule has 6 nitrogen and oxygen atoms in total. The fourth-order valence-corrected chi connectivity index (χ4v) is 2.82. The first kappa shape index (κ1) is 18.2. The van der Waals surface area contributed by atoms with Gasteiger partial charge in [0.25, 0.3) is 5.91 Å². The summed E-state index contributed by atoms with van der Waals surface area (Å²) in [6, 6.07) is 3.90. The molecule has 132 valence electrons. The molecule has 2 N–H and O–H groups in total. The van der Waals surface area contributed by atoms with E-state index < -0.39 is 5.82 Å².